The summed E-state index contributed by atoms with van der Waals surface area (Å²) in [5.74, 6) is 0. The minimum Gasteiger partial charge on any atom is -0.379 e. The first kappa shape index (κ1) is 11.6. The molecule has 0 aromatic heterocycles. The minimum absolute atomic E-state index is 0.333. The molecule has 0 aliphatic carbocycles. The molecule has 0 radical (unpaired) electrons. The number of rotatable bonds is 3. The molecule has 0 aromatic rings. The smallest absolute Gasteiger partial charge is 0.226 e. The van der Waals surface area contributed by atoms with Crippen LogP contribution in [0.1, 0.15) is 13.8 Å². The fraction of sp³-hybridized carbons (Fsp3) is 0.875. The predicted molar refractivity (Wildman–Crippen MR) is 51.5 cm³/mol. The van der Waals surface area contributed by atoms with E-state index in [1.165, 1.54) is 18.2 Å². The summed E-state index contributed by atoms with van der Waals surface area (Å²) in [7, 11) is -3.53. The summed E-state index contributed by atoms with van der Waals surface area (Å²) in [6, 6.07) is 0. The van der Waals surface area contributed by atoms with Crippen LogP contribution in [0.4, 0.5) is 0 Å². The number of morpholine rings is 1. The van der Waals surface area contributed by atoms with Crippen molar-refractivity contribution in [2.75, 3.05) is 26.3 Å². The molecule has 82 valence electrons. The summed E-state index contributed by atoms with van der Waals surface area (Å²) in [4.78, 5) is 10.7. The molecule has 6 heteroatoms. The van der Waals surface area contributed by atoms with E-state index in [4.69, 9.17) is 4.74 Å². The molecule has 0 atom stereocenters. The number of carbonyl (C=O) groups excluding carboxylic acids is 1. The van der Waals surface area contributed by atoms with Crippen molar-refractivity contribution >= 4 is 16.3 Å². The average Bonchev–Trinajstić information content (AvgIpc) is 2.19. The highest BCUT2D eigenvalue weighted by atomic mass is 32.2. The highest BCUT2D eigenvalue weighted by molar-refractivity contribution is 7.91. The first-order chi connectivity index (χ1) is 6.42. The van der Waals surface area contributed by atoms with Gasteiger partial charge < -0.3 is 9.53 Å². The van der Waals surface area contributed by atoms with Gasteiger partial charge in [0.15, 0.2) is 0 Å². The summed E-state index contributed by atoms with van der Waals surface area (Å²) in [6.07, 6.45) is 0.470. The molecule has 0 amide bonds. The van der Waals surface area contributed by atoms with Gasteiger partial charge in [0.05, 0.1) is 13.2 Å². The second kappa shape index (κ2) is 3.96. The van der Waals surface area contributed by atoms with Crippen LogP contribution in [0.3, 0.4) is 0 Å². The molecule has 0 unspecified atom stereocenters. The molecule has 0 bridgehead atoms. The summed E-state index contributed by atoms with van der Waals surface area (Å²) in [5.41, 5.74) is 0. The van der Waals surface area contributed by atoms with Gasteiger partial charge in [0.2, 0.25) is 10.0 Å². The Morgan fingerprint density at radius 2 is 1.79 bits per heavy atom. The van der Waals surface area contributed by atoms with Gasteiger partial charge >= 0.3 is 0 Å². The Morgan fingerprint density at radius 1 is 1.29 bits per heavy atom. The predicted octanol–water partition coefficient (Wildman–Crippen LogP) is -0.374. The molecule has 0 N–H and O–H groups in total. The van der Waals surface area contributed by atoms with Crippen LogP contribution in [0, 0.1) is 0 Å². The van der Waals surface area contributed by atoms with Crippen molar-refractivity contribution in [3.05, 3.63) is 0 Å². The van der Waals surface area contributed by atoms with E-state index in [1.54, 1.807) is 0 Å². The lowest BCUT2D eigenvalue weighted by Crippen LogP contribution is -2.50. The van der Waals surface area contributed by atoms with Gasteiger partial charge in [-0.3, -0.25) is 0 Å². The molecule has 0 spiro atoms. The van der Waals surface area contributed by atoms with E-state index in [0.29, 0.717) is 32.6 Å². The molecular weight excluding hydrogens is 206 g/mol. The van der Waals surface area contributed by atoms with E-state index >= 15 is 0 Å². The maximum atomic E-state index is 11.9. The fourth-order valence-corrected chi connectivity index (χ4v) is 2.60. The SMILES string of the molecule is CC(C)(C=O)S(=O)(=O)N1CCOCC1. The van der Waals surface area contributed by atoms with E-state index in [-0.39, 0.29) is 0 Å². The van der Waals surface area contributed by atoms with Crippen LogP contribution >= 0.6 is 0 Å². The van der Waals surface area contributed by atoms with Crippen LogP contribution in [-0.4, -0.2) is 50.1 Å². The number of sulfonamides is 1. The quantitative estimate of drug-likeness (QED) is 0.610. The first-order valence-electron chi connectivity index (χ1n) is 4.45. The van der Waals surface area contributed by atoms with Crippen molar-refractivity contribution in [1.82, 2.24) is 4.31 Å². The van der Waals surface area contributed by atoms with E-state index in [9.17, 15) is 13.2 Å². The maximum Gasteiger partial charge on any atom is 0.226 e. The Balaban J connectivity index is 2.88. The molecule has 1 saturated heterocycles. The fourth-order valence-electron chi connectivity index (χ4n) is 1.18. The molecule has 1 aliphatic rings. The van der Waals surface area contributed by atoms with E-state index in [2.05, 4.69) is 0 Å². The lowest BCUT2D eigenvalue weighted by atomic mass is 10.2. The van der Waals surface area contributed by atoms with Gasteiger partial charge in [-0.25, -0.2) is 8.42 Å². The number of carbonyl (C=O) groups is 1. The van der Waals surface area contributed by atoms with Crippen molar-refractivity contribution in [2.24, 2.45) is 0 Å². The summed E-state index contributed by atoms with van der Waals surface area (Å²) in [5, 5.41) is 0. The third-order valence-electron chi connectivity index (χ3n) is 2.26. The first-order valence-corrected chi connectivity index (χ1v) is 5.89. The van der Waals surface area contributed by atoms with Crippen molar-refractivity contribution in [3.8, 4) is 0 Å². The topological polar surface area (TPSA) is 63.7 Å². The zero-order valence-electron chi connectivity index (χ0n) is 8.39. The van der Waals surface area contributed by atoms with Gasteiger partial charge in [-0.1, -0.05) is 0 Å². The Kier molecular flexibility index (Phi) is 3.28. The second-order valence-electron chi connectivity index (χ2n) is 3.74. The second-order valence-corrected chi connectivity index (χ2v) is 6.26. The van der Waals surface area contributed by atoms with Crippen LogP contribution in [0.2, 0.25) is 0 Å². The number of nitrogens with zero attached hydrogens (tertiary/aromatic N) is 1. The molecule has 1 aliphatic heterocycles. The molecule has 14 heavy (non-hydrogen) atoms. The van der Waals surface area contributed by atoms with Crippen molar-refractivity contribution in [3.63, 3.8) is 0 Å². The van der Waals surface area contributed by atoms with E-state index in [1.807, 2.05) is 0 Å². The summed E-state index contributed by atoms with van der Waals surface area (Å²) >= 11 is 0. The van der Waals surface area contributed by atoms with E-state index < -0.39 is 14.8 Å². The summed E-state index contributed by atoms with van der Waals surface area (Å²) in [6.45, 7) is 4.27. The van der Waals surface area contributed by atoms with Gasteiger partial charge in [0.25, 0.3) is 0 Å². The Morgan fingerprint density at radius 3 is 2.21 bits per heavy atom. The average molecular weight is 221 g/mol. The normalized spacial score (nSPS) is 20.7. The highest BCUT2D eigenvalue weighted by Gasteiger charge is 2.39. The van der Waals surface area contributed by atoms with Gasteiger partial charge in [0.1, 0.15) is 11.0 Å². The number of ether oxygens (including phenoxy) is 1. The third-order valence-corrected chi connectivity index (χ3v) is 4.73. The molecule has 5 nitrogen and oxygen atoms in total. The van der Waals surface area contributed by atoms with E-state index in [0.717, 1.165) is 0 Å². The third kappa shape index (κ3) is 1.97. The molecule has 0 aromatic carbocycles. The van der Waals surface area contributed by atoms with Crippen molar-refractivity contribution < 1.29 is 17.9 Å². The largest absolute Gasteiger partial charge is 0.379 e. The number of aldehydes is 1. The molecule has 1 fully saturated rings. The van der Waals surface area contributed by atoms with Crippen LogP contribution in [0.5, 0.6) is 0 Å². The standard InChI is InChI=1S/C8H15NO4S/c1-8(2,7-10)14(11,12)9-3-5-13-6-4-9/h7H,3-6H2,1-2H3. The summed E-state index contributed by atoms with van der Waals surface area (Å²) < 4.78 is 28.8. The molecule has 0 saturated carbocycles. The van der Waals surface area contributed by atoms with Crippen molar-refractivity contribution in [2.45, 2.75) is 18.6 Å². The van der Waals surface area contributed by atoms with Crippen LogP contribution in [0.15, 0.2) is 0 Å². The monoisotopic (exact) mass is 221 g/mol. The molecule has 1 rings (SSSR count). The molecule has 1 heterocycles. The number of hydrogen-bond donors (Lipinski definition) is 0. The lowest BCUT2D eigenvalue weighted by Gasteiger charge is -2.31. The van der Waals surface area contributed by atoms with Crippen LogP contribution in [-0.2, 0) is 19.6 Å². The van der Waals surface area contributed by atoms with Gasteiger partial charge in [-0.05, 0) is 13.8 Å². The van der Waals surface area contributed by atoms with Gasteiger partial charge in [-0.2, -0.15) is 4.31 Å². The zero-order valence-corrected chi connectivity index (χ0v) is 9.21. The van der Waals surface area contributed by atoms with Gasteiger partial charge in [-0.15, -0.1) is 0 Å². The number of hydrogen-bond acceptors (Lipinski definition) is 4. The van der Waals surface area contributed by atoms with Crippen LogP contribution in [0.25, 0.3) is 0 Å². The van der Waals surface area contributed by atoms with Crippen LogP contribution < -0.4 is 0 Å². The minimum atomic E-state index is -3.53. The Labute approximate surface area is 84.1 Å². The lowest BCUT2D eigenvalue weighted by molar-refractivity contribution is -0.109. The zero-order chi connectivity index (χ0) is 10.8. The van der Waals surface area contributed by atoms with Gasteiger partial charge in [0, 0.05) is 13.1 Å². The Hall–Kier alpha value is -0.460. The maximum absolute atomic E-state index is 11.9. The van der Waals surface area contributed by atoms with Crippen molar-refractivity contribution in [1.29, 1.82) is 0 Å². The highest BCUT2D eigenvalue weighted by Crippen LogP contribution is 2.19. The molecular formula is C8H15NO4S. The Bertz CT molecular complexity index is 303.